The van der Waals surface area contributed by atoms with Gasteiger partial charge in [0.05, 0.1) is 6.61 Å². The average Bonchev–Trinajstić information content (AvgIpc) is 2.97. The molecule has 2 unspecified atom stereocenters. The van der Waals surface area contributed by atoms with E-state index >= 15 is 0 Å². The van der Waals surface area contributed by atoms with Crippen molar-refractivity contribution in [1.82, 2.24) is 0 Å². The molecule has 1 fully saturated rings. The van der Waals surface area contributed by atoms with E-state index in [-0.39, 0.29) is 5.97 Å². The van der Waals surface area contributed by atoms with Crippen LogP contribution in [0, 0.1) is 13.8 Å². The second-order valence-corrected chi connectivity index (χ2v) is 5.81. The number of benzene rings is 1. The van der Waals surface area contributed by atoms with Gasteiger partial charge in [0.25, 0.3) is 0 Å². The van der Waals surface area contributed by atoms with Gasteiger partial charge in [-0.1, -0.05) is 42.7 Å². The molecule has 0 spiro atoms. The zero-order chi connectivity index (χ0) is 15.0. The molecular weight excluding hydrogens is 252 g/mol. The zero-order valence-corrected chi connectivity index (χ0v) is 13.1. The summed E-state index contributed by atoms with van der Waals surface area (Å²) in [5.41, 5.74) is 2.07. The van der Waals surface area contributed by atoms with Gasteiger partial charge in [-0.05, 0) is 39.7 Å². The van der Waals surface area contributed by atoms with Gasteiger partial charge in [0.2, 0.25) is 0 Å². The first-order chi connectivity index (χ1) is 9.39. The number of carbonyl (C=O) groups excluding carboxylic acids is 1. The van der Waals surface area contributed by atoms with E-state index < -0.39 is 11.2 Å². The lowest BCUT2D eigenvalue weighted by Gasteiger charge is -2.16. The van der Waals surface area contributed by atoms with Gasteiger partial charge in [-0.25, -0.2) is 4.79 Å². The Labute approximate surface area is 121 Å². The van der Waals surface area contributed by atoms with Gasteiger partial charge in [-0.2, -0.15) is 0 Å². The number of ether oxygens (including phenoxy) is 2. The fraction of sp³-hybridized carbons (Fsp3) is 0.588. The molecule has 0 radical (unpaired) electrons. The van der Waals surface area contributed by atoms with Gasteiger partial charge in [0.1, 0.15) is 5.60 Å². The molecule has 0 aliphatic carbocycles. The molecule has 0 saturated carbocycles. The second-order valence-electron chi connectivity index (χ2n) is 5.81. The van der Waals surface area contributed by atoms with Crippen LogP contribution in [0.2, 0.25) is 0 Å². The van der Waals surface area contributed by atoms with Crippen LogP contribution in [0.1, 0.15) is 50.3 Å². The summed E-state index contributed by atoms with van der Waals surface area (Å²) in [5.74, 6) is -0.233. The second kappa shape index (κ2) is 5.21. The zero-order valence-electron chi connectivity index (χ0n) is 13.1. The van der Waals surface area contributed by atoms with Gasteiger partial charge in [-0.15, -0.1) is 0 Å². The third-order valence-electron chi connectivity index (χ3n) is 4.09. The minimum atomic E-state index is -0.808. The summed E-state index contributed by atoms with van der Waals surface area (Å²) in [5, 5.41) is 0. The highest BCUT2D eigenvalue weighted by atomic mass is 16.7. The highest BCUT2D eigenvalue weighted by molar-refractivity contribution is 5.85. The predicted molar refractivity (Wildman–Crippen MR) is 78.6 cm³/mol. The third-order valence-corrected chi connectivity index (χ3v) is 4.09. The van der Waals surface area contributed by atoms with Crippen LogP contribution in [0.15, 0.2) is 18.2 Å². The van der Waals surface area contributed by atoms with Crippen molar-refractivity contribution in [2.45, 2.75) is 58.7 Å². The average molecular weight is 276 g/mol. The van der Waals surface area contributed by atoms with E-state index in [1.165, 1.54) is 11.1 Å². The lowest BCUT2D eigenvalue weighted by Crippen LogP contribution is -2.33. The predicted octanol–water partition coefficient (Wildman–Crippen LogP) is 3.65. The van der Waals surface area contributed by atoms with Crippen LogP contribution >= 0.6 is 0 Å². The Morgan fingerprint density at radius 2 is 1.80 bits per heavy atom. The summed E-state index contributed by atoms with van der Waals surface area (Å²) in [7, 11) is 0. The Hall–Kier alpha value is -1.35. The van der Waals surface area contributed by atoms with Gasteiger partial charge in [0.15, 0.2) is 5.60 Å². The maximum Gasteiger partial charge on any atom is 0.341 e. The van der Waals surface area contributed by atoms with Gasteiger partial charge in [0, 0.05) is 0 Å². The van der Waals surface area contributed by atoms with Crippen LogP contribution in [-0.2, 0) is 19.9 Å². The van der Waals surface area contributed by atoms with Crippen molar-refractivity contribution in [3.8, 4) is 0 Å². The van der Waals surface area contributed by atoms with E-state index in [0.717, 1.165) is 12.0 Å². The van der Waals surface area contributed by atoms with Crippen molar-refractivity contribution in [2.75, 3.05) is 6.61 Å². The van der Waals surface area contributed by atoms with Crippen LogP contribution in [-0.4, -0.2) is 18.2 Å². The van der Waals surface area contributed by atoms with Crippen molar-refractivity contribution in [3.63, 3.8) is 0 Å². The number of esters is 1. The van der Waals surface area contributed by atoms with Crippen LogP contribution in [0.25, 0.3) is 0 Å². The minimum absolute atomic E-state index is 0.233. The highest BCUT2D eigenvalue weighted by Crippen LogP contribution is 2.58. The molecule has 0 amide bonds. The van der Waals surface area contributed by atoms with Gasteiger partial charge >= 0.3 is 5.97 Å². The van der Waals surface area contributed by atoms with Crippen molar-refractivity contribution < 1.29 is 14.3 Å². The first-order valence-electron chi connectivity index (χ1n) is 7.35. The molecule has 110 valence electrons. The minimum Gasteiger partial charge on any atom is -0.464 e. The molecule has 20 heavy (non-hydrogen) atoms. The largest absolute Gasteiger partial charge is 0.464 e. The van der Waals surface area contributed by atoms with E-state index in [1.807, 2.05) is 13.8 Å². The molecule has 0 bridgehead atoms. The van der Waals surface area contributed by atoms with Crippen molar-refractivity contribution in [2.24, 2.45) is 0 Å². The van der Waals surface area contributed by atoms with E-state index in [4.69, 9.17) is 9.47 Å². The van der Waals surface area contributed by atoms with Crippen LogP contribution in [0.3, 0.4) is 0 Å². The molecule has 2 atom stereocenters. The van der Waals surface area contributed by atoms with Crippen molar-refractivity contribution in [3.05, 3.63) is 34.9 Å². The smallest absolute Gasteiger partial charge is 0.341 e. The lowest BCUT2D eigenvalue weighted by atomic mass is 9.83. The van der Waals surface area contributed by atoms with E-state index in [9.17, 15) is 4.79 Å². The molecule has 3 heteroatoms. The Morgan fingerprint density at radius 1 is 1.20 bits per heavy atom. The van der Waals surface area contributed by atoms with E-state index in [2.05, 4.69) is 39.0 Å². The fourth-order valence-corrected chi connectivity index (χ4v) is 3.09. The van der Waals surface area contributed by atoms with Crippen LogP contribution < -0.4 is 0 Å². The molecule has 0 aromatic heterocycles. The Balaban J connectivity index is 2.38. The molecule has 1 heterocycles. The summed E-state index contributed by atoms with van der Waals surface area (Å²) in [6, 6.07) is 6.33. The molecule has 1 aliphatic heterocycles. The van der Waals surface area contributed by atoms with Crippen LogP contribution in [0.4, 0.5) is 0 Å². The molecule has 3 nitrogen and oxygen atoms in total. The molecular formula is C17H24O3. The number of epoxide rings is 1. The highest BCUT2D eigenvalue weighted by Gasteiger charge is 2.73. The number of aryl methyl sites for hydroxylation is 2. The molecule has 1 aromatic rings. The summed E-state index contributed by atoms with van der Waals surface area (Å²) < 4.78 is 11.2. The number of rotatable bonds is 5. The summed E-state index contributed by atoms with van der Waals surface area (Å²) in [6.45, 7) is 10.4. The fourth-order valence-electron chi connectivity index (χ4n) is 3.09. The molecule has 2 rings (SSSR count). The summed E-state index contributed by atoms with van der Waals surface area (Å²) in [6.07, 6.45) is 1.58. The normalized spacial score (nSPS) is 28.2. The van der Waals surface area contributed by atoms with E-state index in [1.54, 1.807) is 0 Å². The Bertz CT molecular complexity index is 503. The number of hydrogen-bond donors (Lipinski definition) is 0. The van der Waals surface area contributed by atoms with Crippen molar-refractivity contribution >= 4 is 5.97 Å². The monoisotopic (exact) mass is 276 g/mol. The first kappa shape index (κ1) is 15.0. The molecule has 1 saturated heterocycles. The maximum atomic E-state index is 12.3. The Kier molecular flexibility index (Phi) is 3.92. The molecule has 0 N–H and O–H groups in total. The first-order valence-corrected chi connectivity index (χ1v) is 7.35. The van der Waals surface area contributed by atoms with Crippen molar-refractivity contribution in [1.29, 1.82) is 0 Å². The molecule has 1 aliphatic rings. The quantitative estimate of drug-likeness (QED) is 0.608. The summed E-state index contributed by atoms with van der Waals surface area (Å²) in [4.78, 5) is 12.3. The SMILES string of the molecule is CCCC1(C(=O)OCC)OC1(C)c1cc(C)cc(C)c1. The summed E-state index contributed by atoms with van der Waals surface area (Å²) >= 11 is 0. The number of carbonyl (C=O) groups is 1. The topological polar surface area (TPSA) is 38.8 Å². The van der Waals surface area contributed by atoms with Crippen LogP contribution in [0.5, 0.6) is 0 Å². The number of hydrogen-bond acceptors (Lipinski definition) is 3. The molecule has 1 aromatic carbocycles. The standard InChI is InChI=1S/C17H24O3/c1-6-8-17(15(18)19-7-2)16(5,20-17)14-10-12(3)9-13(4)11-14/h9-11H,6-8H2,1-5H3. The maximum absolute atomic E-state index is 12.3. The van der Waals surface area contributed by atoms with Gasteiger partial charge in [-0.3, -0.25) is 0 Å². The lowest BCUT2D eigenvalue weighted by molar-refractivity contribution is -0.149. The third kappa shape index (κ3) is 2.24. The Morgan fingerprint density at radius 3 is 2.30 bits per heavy atom. The van der Waals surface area contributed by atoms with E-state index in [0.29, 0.717) is 13.0 Å². The van der Waals surface area contributed by atoms with Gasteiger partial charge < -0.3 is 9.47 Å².